The number of rotatable bonds is 7. The molecule has 4 heteroatoms. The lowest BCUT2D eigenvalue weighted by atomic mass is 9.97. The highest BCUT2D eigenvalue weighted by Gasteiger charge is 2.25. The van der Waals surface area contributed by atoms with Crippen LogP contribution in [0.3, 0.4) is 0 Å². The molecule has 0 saturated heterocycles. The van der Waals surface area contributed by atoms with Gasteiger partial charge in [0, 0.05) is 19.1 Å². The maximum atomic E-state index is 11.4. The van der Waals surface area contributed by atoms with Gasteiger partial charge in [0.2, 0.25) is 5.91 Å². The van der Waals surface area contributed by atoms with Crippen LogP contribution in [0, 0.1) is 11.8 Å². The Morgan fingerprint density at radius 1 is 1.41 bits per heavy atom. The molecule has 1 aliphatic carbocycles. The first kappa shape index (κ1) is 14.5. The van der Waals surface area contributed by atoms with Crippen LogP contribution in [0.4, 0.5) is 0 Å². The van der Waals surface area contributed by atoms with Crippen LogP contribution < -0.4 is 11.1 Å². The number of hydrogen-bond acceptors (Lipinski definition) is 3. The van der Waals surface area contributed by atoms with Crippen LogP contribution in [0.15, 0.2) is 0 Å². The van der Waals surface area contributed by atoms with Gasteiger partial charge in [-0.3, -0.25) is 4.79 Å². The van der Waals surface area contributed by atoms with Crippen molar-refractivity contribution in [2.75, 3.05) is 19.8 Å². The molecule has 0 bridgehead atoms. The van der Waals surface area contributed by atoms with Crippen molar-refractivity contribution in [3.05, 3.63) is 0 Å². The first-order chi connectivity index (χ1) is 8.13. The van der Waals surface area contributed by atoms with Crippen molar-refractivity contribution in [3.63, 3.8) is 0 Å². The summed E-state index contributed by atoms with van der Waals surface area (Å²) in [5.74, 6) is 1.30. The Morgan fingerprint density at radius 2 is 2.12 bits per heavy atom. The summed E-state index contributed by atoms with van der Waals surface area (Å²) in [5.41, 5.74) is 5.71. The van der Waals surface area contributed by atoms with E-state index in [4.69, 9.17) is 10.5 Å². The van der Waals surface area contributed by atoms with E-state index in [1.54, 1.807) is 0 Å². The Hall–Kier alpha value is -0.610. The van der Waals surface area contributed by atoms with E-state index < -0.39 is 0 Å². The molecule has 0 aromatic heterocycles. The van der Waals surface area contributed by atoms with E-state index in [9.17, 15) is 4.79 Å². The van der Waals surface area contributed by atoms with Gasteiger partial charge in [-0.05, 0) is 45.1 Å². The van der Waals surface area contributed by atoms with Gasteiger partial charge in [-0.1, -0.05) is 6.42 Å². The van der Waals surface area contributed by atoms with Crippen molar-refractivity contribution in [1.29, 1.82) is 0 Å². The monoisotopic (exact) mass is 242 g/mol. The van der Waals surface area contributed by atoms with Crippen molar-refractivity contribution in [1.82, 2.24) is 5.32 Å². The van der Waals surface area contributed by atoms with Crippen molar-refractivity contribution in [2.24, 2.45) is 17.6 Å². The molecule has 4 nitrogen and oxygen atoms in total. The van der Waals surface area contributed by atoms with Crippen molar-refractivity contribution < 1.29 is 9.53 Å². The minimum atomic E-state index is 0.0711. The van der Waals surface area contributed by atoms with Gasteiger partial charge in [-0.2, -0.15) is 0 Å². The van der Waals surface area contributed by atoms with E-state index in [-0.39, 0.29) is 11.9 Å². The molecule has 1 fully saturated rings. The number of nitrogens with two attached hydrogens (primary N) is 1. The number of carbonyl (C=O) groups excluding carboxylic acids is 1. The summed E-state index contributed by atoms with van der Waals surface area (Å²) < 4.78 is 5.59. The molecule has 1 saturated carbocycles. The van der Waals surface area contributed by atoms with Crippen LogP contribution in [0.1, 0.15) is 39.5 Å². The molecular weight excluding hydrogens is 216 g/mol. The second-order valence-electron chi connectivity index (χ2n) is 5.23. The van der Waals surface area contributed by atoms with Gasteiger partial charge in [-0.15, -0.1) is 0 Å². The molecule has 100 valence electrons. The lowest BCUT2D eigenvalue weighted by Gasteiger charge is -2.17. The Balaban J connectivity index is 2.05. The minimum absolute atomic E-state index is 0.0711. The molecule has 0 spiro atoms. The van der Waals surface area contributed by atoms with Crippen LogP contribution in [0.2, 0.25) is 0 Å². The highest BCUT2D eigenvalue weighted by Crippen LogP contribution is 2.30. The van der Waals surface area contributed by atoms with Crippen molar-refractivity contribution in [3.8, 4) is 0 Å². The number of nitrogens with one attached hydrogen (secondary N) is 1. The predicted molar refractivity (Wildman–Crippen MR) is 68.6 cm³/mol. The van der Waals surface area contributed by atoms with Gasteiger partial charge in [-0.25, -0.2) is 0 Å². The Kier molecular flexibility index (Phi) is 6.52. The van der Waals surface area contributed by atoms with E-state index in [0.29, 0.717) is 24.9 Å². The van der Waals surface area contributed by atoms with E-state index in [2.05, 4.69) is 5.32 Å². The second kappa shape index (κ2) is 7.67. The number of hydrogen-bond donors (Lipinski definition) is 2. The fourth-order valence-corrected chi connectivity index (χ4v) is 2.44. The van der Waals surface area contributed by atoms with Crippen molar-refractivity contribution >= 4 is 5.91 Å². The first-order valence-electron chi connectivity index (χ1n) is 6.70. The number of carbonyl (C=O) groups is 1. The zero-order valence-corrected chi connectivity index (χ0v) is 11.1. The van der Waals surface area contributed by atoms with Gasteiger partial charge in [0.1, 0.15) is 0 Å². The Morgan fingerprint density at radius 3 is 2.76 bits per heavy atom. The molecule has 0 aromatic rings. The first-order valence-corrected chi connectivity index (χ1v) is 6.70. The largest absolute Gasteiger partial charge is 0.381 e. The smallest absolute Gasteiger partial charge is 0.222 e. The molecule has 0 aliphatic heterocycles. The third kappa shape index (κ3) is 5.50. The topological polar surface area (TPSA) is 64.3 Å². The summed E-state index contributed by atoms with van der Waals surface area (Å²) in [6, 6.07) is 0.207. The quantitative estimate of drug-likeness (QED) is 0.661. The molecule has 0 heterocycles. The Bertz CT molecular complexity index is 231. The molecule has 17 heavy (non-hydrogen) atoms. The zero-order chi connectivity index (χ0) is 12.7. The van der Waals surface area contributed by atoms with Crippen LogP contribution >= 0.6 is 0 Å². The van der Waals surface area contributed by atoms with Gasteiger partial charge in [0.15, 0.2) is 0 Å². The fraction of sp³-hybridized carbons (Fsp3) is 0.923. The maximum absolute atomic E-state index is 11.4. The van der Waals surface area contributed by atoms with Gasteiger partial charge in [0.25, 0.3) is 0 Å². The summed E-state index contributed by atoms with van der Waals surface area (Å²) >= 11 is 0. The van der Waals surface area contributed by atoms with Crippen LogP contribution in [0.25, 0.3) is 0 Å². The lowest BCUT2D eigenvalue weighted by molar-refractivity contribution is -0.122. The highest BCUT2D eigenvalue weighted by atomic mass is 16.5. The summed E-state index contributed by atoms with van der Waals surface area (Å²) in [4.78, 5) is 11.4. The molecule has 2 unspecified atom stereocenters. The summed E-state index contributed by atoms with van der Waals surface area (Å²) in [6.07, 6.45) is 4.18. The molecule has 3 N–H and O–H groups in total. The molecular formula is C13H26N2O2. The average Bonchev–Trinajstić information content (AvgIpc) is 2.70. The van der Waals surface area contributed by atoms with E-state index in [0.717, 1.165) is 13.2 Å². The number of ether oxygens (including phenoxy) is 1. The van der Waals surface area contributed by atoms with E-state index in [1.807, 2.05) is 13.8 Å². The van der Waals surface area contributed by atoms with E-state index in [1.165, 1.54) is 19.3 Å². The lowest BCUT2D eigenvalue weighted by Crippen LogP contribution is -2.31. The second-order valence-corrected chi connectivity index (χ2v) is 5.23. The standard InChI is InChI=1S/C13H26N2O2/c1-10(2)15-13(16)6-7-17-9-12-5-3-4-11(12)8-14/h10-12H,3-9,14H2,1-2H3,(H,15,16). The van der Waals surface area contributed by atoms with Crippen LogP contribution in [0.5, 0.6) is 0 Å². The van der Waals surface area contributed by atoms with Gasteiger partial charge in [0.05, 0.1) is 6.61 Å². The highest BCUT2D eigenvalue weighted by molar-refractivity contribution is 5.76. The third-order valence-electron chi connectivity index (χ3n) is 3.37. The molecule has 2 atom stereocenters. The normalized spacial score (nSPS) is 24.2. The average molecular weight is 242 g/mol. The van der Waals surface area contributed by atoms with Crippen LogP contribution in [-0.2, 0) is 9.53 Å². The zero-order valence-electron chi connectivity index (χ0n) is 11.1. The molecule has 0 radical (unpaired) electrons. The van der Waals surface area contributed by atoms with E-state index >= 15 is 0 Å². The molecule has 1 rings (SSSR count). The minimum Gasteiger partial charge on any atom is -0.381 e. The number of amides is 1. The van der Waals surface area contributed by atoms with Crippen LogP contribution in [-0.4, -0.2) is 31.7 Å². The molecule has 1 aliphatic rings. The SMILES string of the molecule is CC(C)NC(=O)CCOCC1CCCC1CN. The predicted octanol–water partition coefficient (Wildman–Crippen LogP) is 1.29. The summed E-state index contributed by atoms with van der Waals surface area (Å²) in [7, 11) is 0. The molecule has 0 aromatic carbocycles. The maximum Gasteiger partial charge on any atom is 0.222 e. The van der Waals surface area contributed by atoms with Crippen molar-refractivity contribution in [2.45, 2.75) is 45.6 Å². The summed E-state index contributed by atoms with van der Waals surface area (Å²) in [5, 5.41) is 2.85. The fourth-order valence-electron chi connectivity index (χ4n) is 2.44. The third-order valence-corrected chi connectivity index (χ3v) is 3.37. The summed E-state index contributed by atoms with van der Waals surface area (Å²) in [6.45, 7) is 5.97. The van der Waals surface area contributed by atoms with Gasteiger partial charge < -0.3 is 15.8 Å². The Labute approximate surface area is 104 Å². The van der Waals surface area contributed by atoms with Gasteiger partial charge >= 0.3 is 0 Å². The molecule has 1 amide bonds.